The minimum Gasteiger partial charge on any atom is -0.414 e. The topological polar surface area (TPSA) is 195 Å². The highest BCUT2D eigenvalue weighted by Crippen LogP contribution is 2.51. The van der Waals surface area contributed by atoms with Gasteiger partial charge in [-0.05, 0) is 55.9 Å². The van der Waals surface area contributed by atoms with Crippen LogP contribution in [0.4, 0.5) is 14.6 Å². The quantitative estimate of drug-likeness (QED) is 0.0614. The molecule has 6 atom stereocenters. The summed E-state index contributed by atoms with van der Waals surface area (Å²) in [7, 11) is -10.9. The second-order valence-electron chi connectivity index (χ2n) is 25.3. The number of nitrogens with zero attached hydrogens (tertiary/aromatic N) is 6. The standard InChI is InChI=1S/C31H44FN3O5Si2.C23H39FN4O4Si2.C7H5ClO/c1-19(2)41(20(3)4)37-17-28-27(39-42(40-41,21(5)6)22(7)8)15-29(38-28)35-16-24(32)30-25(33-18-34-31(30)35)14-26(36)23-12-10-9-11-13-23;1-13(2)33(14(3)4)29-11-19-18(31-34(32-33,15(5)6)16(7)8)9-20(30-19)28-10-17(24)21-22(25)26-12-27-23(21)28;8-7(9)6-4-2-1-3-5-6/h9-13,16,18-22,27-29H,14-15,17H2,1-8H3;10,12-16,18-20H,9,11H2,1-8H3,(H2,25,26,27);1-5H/t27-,28+,29+;18-,19+,20+;/m00./s1. The van der Waals surface area contributed by atoms with Gasteiger partial charge in [0.1, 0.15) is 48.8 Å². The number of rotatable bonds is 14. The molecule has 4 fully saturated rings. The number of nitrogen functional groups attached to an aromatic ring is 1. The molecule has 0 amide bonds. The molecule has 4 saturated heterocycles. The van der Waals surface area contributed by atoms with Crippen LogP contribution in [0.1, 0.15) is 162 Å². The molecule has 6 aromatic rings. The number of carbonyl (C=O) groups is 2. The molecule has 4 aromatic heterocycles. The number of halogens is 3. The van der Waals surface area contributed by atoms with Crippen LogP contribution in [0.25, 0.3) is 22.1 Å². The lowest BCUT2D eigenvalue weighted by Crippen LogP contribution is -2.65. The number of ketones is 1. The third-order valence-electron chi connectivity index (χ3n) is 17.3. The number of hydrogen-bond acceptors (Lipinski definition) is 15. The van der Waals surface area contributed by atoms with E-state index in [1.165, 1.54) is 25.0 Å². The molecule has 0 unspecified atom stereocenters. The molecule has 10 rings (SSSR count). The van der Waals surface area contributed by atoms with E-state index in [1.807, 2.05) is 24.3 Å². The lowest BCUT2D eigenvalue weighted by atomic mass is 10.1. The first-order chi connectivity index (χ1) is 40.1. The summed E-state index contributed by atoms with van der Waals surface area (Å²) in [6.07, 6.45) is 4.54. The zero-order valence-electron chi connectivity index (χ0n) is 52.2. The number of Topliss-reactive ketones (excluding diaryl/α,β-unsaturated/α-hetero) is 1. The van der Waals surface area contributed by atoms with Crippen molar-refractivity contribution < 1.29 is 53.8 Å². The summed E-state index contributed by atoms with van der Waals surface area (Å²) in [5.74, 6) is -0.945. The Bertz CT molecular complexity index is 3220. The second kappa shape index (κ2) is 27.1. The van der Waals surface area contributed by atoms with Crippen LogP contribution in [0, 0.1) is 11.6 Å². The van der Waals surface area contributed by atoms with Gasteiger partial charge in [0.15, 0.2) is 23.1 Å². The van der Waals surface area contributed by atoms with Crippen LogP contribution in [0.3, 0.4) is 0 Å². The summed E-state index contributed by atoms with van der Waals surface area (Å²) < 4.78 is 89.2. The number of nitrogens with two attached hydrogens (primary N) is 1. The first-order valence-electron chi connectivity index (χ1n) is 30.1. The Balaban J connectivity index is 0.000000196. The fraction of sp³-hybridized carbons (Fsp3) is 0.574. The summed E-state index contributed by atoms with van der Waals surface area (Å²) in [4.78, 5) is 40.3. The molecule has 24 heteroatoms. The van der Waals surface area contributed by atoms with Gasteiger partial charge in [0.25, 0.3) is 5.24 Å². The lowest BCUT2D eigenvalue weighted by Gasteiger charge is -2.51. The van der Waals surface area contributed by atoms with Gasteiger partial charge >= 0.3 is 34.2 Å². The first-order valence-corrected chi connectivity index (χ1v) is 38.3. The molecule has 4 aliphatic rings. The number of carbonyl (C=O) groups excluding carboxylic acids is 2. The van der Waals surface area contributed by atoms with Crippen LogP contribution in [0.15, 0.2) is 85.7 Å². The highest BCUT2D eigenvalue weighted by molar-refractivity contribution is 6.84. The van der Waals surface area contributed by atoms with Gasteiger partial charge in [-0.1, -0.05) is 171 Å². The SMILES string of the molecule is CC(C)[Si]1(C(C)C)OC[C@H]2O[C@@H](n3cc(F)c4c(CC(=O)c5ccccc5)ncnc43)C[C@@H]2O[Si](C(C)C)(C(C)C)O1.CC(C)[Si]1(C(C)C)OC[C@H]2O[C@@H](n3cc(F)c4c(N)ncnc43)C[C@@H]2O[Si](C(C)C)(C(C)C)O1.O=C(Cl)c1ccccc1. The molecule has 85 heavy (non-hydrogen) atoms. The largest absolute Gasteiger partial charge is 0.414 e. The maximum atomic E-state index is 15.6. The molecular weight excluding hydrogens is 1180 g/mol. The fourth-order valence-electron chi connectivity index (χ4n) is 12.8. The second-order valence-corrected chi connectivity index (χ2v) is 43.4. The van der Waals surface area contributed by atoms with Crippen molar-refractivity contribution in [1.82, 2.24) is 29.1 Å². The molecule has 8 heterocycles. The summed E-state index contributed by atoms with van der Waals surface area (Å²) in [6.45, 7) is 35.9. The highest BCUT2D eigenvalue weighted by atomic mass is 35.5. The maximum absolute atomic E-state index is 15.6. The van der Waals surface area contributed by atoms with Gasteiger partial charge in [0.05, 0.1) is 48.3 Å². The fourth-order valence-corrected chi connectivity index (χ4v) is 35.4. The van der Waals surface area contributed by atoms with E-state index in [1.54, 1.807) is 45.5 Å². The number of aromatic nitrogens is 6. The summed E-state index contributed by atoms with van der Waals surface area (Å²) in [6, 6.07) is 17.7. The molecule has 4 aliphatic heterocycles. The van der Waals surface area contributed by atoms with Crippen LogP contribution in [-0.2, 0) is 41.8 Å². The molecule has 0 bridgehead atoms. The van der Waals surface area contributed by atoms with Gasteiger partial charge in [-0.2, -0.15) is 0 Å². The van der Waals surface area contributed by atoms with Crippen molar-refractivity contribution in [2.45, 2.75) is 211 Å². The Morgan fingerprint density at radius 2 is 0.918 bits per heavy atom. The van der Waals surface area contributed by atoms with Crippen molar-refractivity contribution in [1.29, 1.82) is 0 Å². The van der Waals surface area contributed by atoms with Gasteiger partial charge in [-0.15, -0.1) is 0 Å². The van der Waals surface area contributed by atoms with Crippen molar-refractivity contribution in [3.05, 3.63) is 114 Å². The van der Waals surface area contributed by atoms with E-state index in [0.29, 0.717) is 54.2 Å². The van der Waals surface area contributed by atoms with E-state index >= 15 is 4.39 Å². The number of ether oxygens (including phenoxy) is 2. The summed E-state index contributed by atoms with van der Waals surface area (Å²) in [5.41, 5.74) is 10.1. The Labute approximate surface area is 509 Å². The molecule has 17 nitrogen and oxygen atoms in total. The van der Waals surface area contributed by atoms with Gasteiger partial charge in [0, 0.05) is 36.4 Å². The minimum atomic E-state index is -2.80. The van der Waals surface area contributed by atoms with E-state index in [9.17, 15) is 14.0 Å². The first kappa shape index (κ1) is 66.5. The van der Waals surface area contributed by atoms with Crippen LogP contribution < -0.4 is 5.73 Å². The van der Waals surface area contributed by atoms with Crippen molar-refractivity contribution in [3.8, 4) is 0 Å². The Morgan fingerprint density at radius 1 is 0.541 bits per heavy atom. The van der Waals surface area contributed by atoms with Crippen molar-refractivity contribution >= 4 is 84.8 Å². The lowest BCUT2D eigenvalue weighted by molar-refractivity contribution is -0.0544. The number of hydrogen-bond donors (Lipinski definition) is 1. The molecular formula is C61H88ClF2N7O10Si4. The third kappa shape index (κ3) is 13.3. The van der Waals surface area contributed by atoms with E-state index < -0.39 is 63.6 Å². The monoisotopic (exact) mass is 1260 g/mol. The Morgan fingerprint density at radius 3 is 1.31 bits per heavy atom. The number of anilines is 1. The van der Waals surface area contributed by atoms with Gasteiger partial charge < -0.3 is 50.3 Å². The molecule has 0 saturated carbocycles. The smallest absolute Gasteiger partial charge is 0.335 e. The third-order valence-corrected chi connectivity index (χ3v) is 38.1. The zero-order chi connectivity index (χ0) is 62.1. The van der Waals surface area contributed by atoms with Crippen LogP contribution in [-0.4, -0.2) is 112 Å². The molecule has 0 aliphatic carbocycles. The summed E-state index contributed by atoms with van der Waals surface area (Å²) >= 11 is 5.16. The van der Waals surface area contributed by atoms with E-state index in [-0.39, 0.29) is 97.5 Å². The minimum absolute atomic E-state index is 0.0248. The normalized spacial score (nSPS) is 23.6. The number of fused-ring (bicyclic) bond motifs is 4. The van der Waals surface area contributed by atoms with Gasteiger partial charge in [0.2, 0.25) is 0 Å². The van der Waals surface area contributed by atoms with Gasteiger partial charge in [-0.25, -0.2) is 28.7 Å². The predicted octanol–water partition coefficient (Wildman–Crippen LogP) is 14.7. The average Bonchev–Trinajstić information content (AvgIpc) is 2.82. The van der Waals surface area contributed by atoms with Crippen LogP contribution >= 0.6 is 11.6 Å². The average molecular weight is 1270 g/mol. The van der Waals surface area contributed by atoms with Crippen molar-refractivity contribution in [3.63, 3.8) is 0 Å². The maximum Gasteiger partial charge on any atom is 0.335 e. The zero-order valence-corrected chi connectivity index (χ0v) is 56.9. The van der Waals surface area contributed by atoms with Crippen LogP contribution in [0.2, 0.25) is 44.3 Å². The van der Waals surface area contributed by atoms with E-state index in [2.05, 4.69) is 131 Å². The molecule has 2 aromatic carbocycles. The molecule has 2 N–H and O–H groups in total. The van der Waals surface area contributed by atoms with E-state index in [4.69, 9.17) is 52.7 Å². The molecule has 0 radical (unpaired) electrons. The van der Waals surface area contributed by atoms with Crippen LogP contribution in [0.5, 0.6) is 0 Å². The van der Waals surface area contributed by atoms with Crippen molar-refractivity contribution in [2.75, 3.05) is 18.9 Å². The van der Waals surface area contributed by atoms with Crippen molar-refractivity contribution in [2.24, 2.45) is 0 Å². The Kier molecular flexibility index (Phi) is 21.2. The molecule has 0 spiro atoms. The molecule has 464 valence electrons. The van der Waals surface area contributed by atoms with Gasteiger partial charge in [-0.3, -0.25) is 9.59 Å². The van der Waals surface area contributed by atoms with E-state index in [0.717, 1.165) is 0 Å². The highest BCUT2D eigenvalue weighted by Gasteiger charge is 2.62. The number of benzene rings is 2. The predicted molar refractivity (Wildman–Crippen MR) is 335 cm³/mol. The Hall–Kier alpha value is -4.48. The summed E-state index contributed by atoms with van der Waals surface area (Å²) in [5, 5.41) is 0.0555.